The van der Waals surface area contributed by atoms with E-state index in [9.17, 15) is 4.79 Å². The smallest absolute Gasteiger partial charge is 0.363 e. The van der Waals surface area contributed by atoms with Gasteiger partial charge in [0.1, 0.15) is 12.4 Å². The highest BCUT2D eigenvalue weighted by Crippen LogP contribution is 2.25. The zero-order valence-corrected chi connectivity index (χ0v) is 14.7. The zero-order chi connectivity index (χ0) is 18.6. The first kappa shape index (κ1) is 16.8. The molecule has 0 spiro atoms. The molecule has 2 heterocycles. The number of aryl methyl sites for hydroxylation is 1. The molecule has 1 aliphatic rings. The van der Waals surface area contributed by atoms with Crippen molar-refractivity contribution >= 4 is 17.9 Å². The van der Waals surface area contributed by atoms with Crippen LogP contribution in [0.15, 0.2) is 82.0 Å². The molecule has 2 aromatic carbocycles. The van der Waals surface area contributed by atoms with E-state index in [0.29, 0.717) is 18.1 Å². The Bertz CT molecular complexity index is 1030. The summed E-state index contributed by atoms with van der Waals surface area (Å²) in [5, 5.41) is 0. The van der Waals surface area contributed by atoms with Crippen LogP contribution in [0.2, 0.25) is 0 Å². The van der Waals surface area contributed by atoms with Gasteiger partial charge in [-0.25, -0.2) is 9.79 Å². The molecule has 0 saturated carbocycles. The number of furan rings is 1. The minimum atomic E-state index is -0.518. The van der Waals surface area contributed by atoms with E-state index in [4.69, 9.17) is 13.9 Å². The Hall–Kier alpha value is -3.60. The average molecular weight is 359 g/mol. The summed E-state index contributed by atoms with van der Waals surface area (Å²) in [5.41, 5.74) is 3.23. The number of carbonyl (C=O) groups excluding carboxylic acids is 1. The fourth-order valence-electron chi connectivity index (χ4n) is 2.72. The summed E-state index contributed by atoms with van der Waals surface area (Å²) in [6, 6.07) is 19.0. The van der Waals surface area contributed by atoms with Crippen molar-refractivity contribution in [2.24, 2.45) is 4.99 Å². The van der Waals surface area contributed by atoms with E-state index in [1.165, 1.54) is 11.8 Å². The Balaban J connectivity index is 1.59. The van der Waals surface area contributed by atoms with Crippen LogP contribution in [0.5, 0.6) is 5.75 Å². The molecule has 0 fully saturated rings. The molecule has 3 aromatic rings. The van der Waals surface area contributed by atoms with Gasteiger partial charge in [0, 0.05) is 5.56 Å². The molecule has 0 amide bonds. The number of aliphatic imine (C=N–C) groups is 1. The Kier molecular flexibility index (Phi) is 4.58. The lowest BCUT2D eigenvalue weighted by Gasteiger charge is -2.11. The van der Waals surface area contributed by atoms with Gasteiger partial charge in [-0.15, -0.1) is 0 Å². The molecule has 0 saturated heterocycles. The van der Waals surface area contributed by atoms with Crippen LogP contribution in [0.4, 0.5) is 0 Å². The fraction of sp³-hybridized carbons (Fsp3) is 0.0909. The third-order valence-corrected chi connectivity index (χ3v) is 4.21. The van der Waals surface area contributed by atoms with Crippen molar-refractivity contribution < 1.29 is 18.7 Å². The summed E-state index contributed by atoms with van der Waals surface area (Å²) < 4.78 is 16.4. The maximum atomic E-state index is 12.1. The van der Waals surface area contributed by atoms with Crippen LogP contribution in [0.1, 0.15) is 22.5 Å². The average Bonchev–Trinajstić information content (AvgIpc) is 3.33. The molecule has 4 rings (SSSR count). The number of rotatable bonds is 5. The predicted molar refractivity (Wildman–Crippen MR) is 101 cm³/mol. The number of carbonyl (C=O) groups is 1. The van der Waals surface area contributed by atoms with E-state index in [2.05, 4.69) is 4.99 Å². The van der Waals surface area contributed by atoms with Crippen LogP contribution in [-0.2, 0) is 16.1 Å². The molecule has 5 heteroatoms. The number of hydrogen-bond donors (Lipinski definition) is 0. The van der Waals surface area contributed by atoms with Crippen LogP contribution in [0.25, 0.3) is 6.08 Å². The van der Waals surface area contributed by atoms with Crippen LogP contribution in [0, 0.1) is 6.92 Å². The van der Waals surface area contributed by atoms with Gasteiger partial charge in [-0.1, -0.05) is 42.5 Å². The van der Waals surface area contributed by atoms with Crippen molar-refractivity contribution in [1.82, 2.24) is 0 Å². The molecule has 0 atom stereocenters. The summed E-state index contributed by atoms with van der Waals surface area (Å²) in [7, 11) is 0. The maximum Gasteiger partial charge on any atom is 0.363 e. The van der Waals surface area contributed by atoms with E-state index < -0.39 is 5.97 Å². The van der Waals surface area contributed by atoms with Gasteiger partial charge in [-0.05, 0) is 42.3 Å². The number of para-hydroxylation sites is 1. The molecule has 1 aliphatic heterocycles. The van der Waals surface area contributed by atoms with Crippen molar-refractivity contribution in [3.8, 4) is 5.75 Å². The highest BCUT2D eigenvalue weighted by molar-refractivity contribution is 6.11. The first-order valence-corrected chi connectivity index (χ1v) is 8.53. The lowest BCUT2D eigenvalue weighted by atomic mass is 10.1. The monoisotopic (exact) mass is 359 g/mol. The second-order valence-corrected chi connectivity index (χ2v) is 6.07. The molecule has 1 aromatic heterocycles. The van der Waals surface area contributed by atoms with Gasteiger partial charge >= 0.3 is 5.97 Å². The number of ether oxygens (including phenoxy) is 2. The van der Waals surface area contributed by atoms with Crippen molar-refractivity contribution in [2.75, 3.05) is 0 Å². The second-order valence-electron chi connectivity index (χ2n) is 6.07. The van der Waals surface area contributed by atoms with Gasteiger partial charge in [0.2, 0.25) is 0 Å². The molecular formula is C22H17NO4. The normalized spacial score (nSPS) is 14.9. The summed E-state index contributed by atoms with van der Waals surface area (Å²) in [4.78, 5) is 16.4. The lowest BCUT2D eigenvalue weighted by Crippen LogP contribution is -2.04. The van der Waals surface area contributed by atoms with Gasteiger partial charge in [0.25, 0.3) is 5.90 Å². The van der Waals surface area contributed by atoms with Crippen LogP contribution >= 0.6 is 0 Å². The Morgan fingerprint density at radius 3 is 2.67 bits per heavy atom. The van der Waals surface area contributed by atoms with Crippen LogP contribution in [-0.4, -0.2) is 11.9 Å². The highest BCUT2D eigenvalue weighted by atomic mass is 16.6. The standard InChI is InChI=1S/C22H17NO4/c1-15-7-2-3-9-17(15)14-26-19-10-5-4-8-16(19)13-18-22(24)27-21(23-18)20-11-6-12-25-20/h2-13H,14H2,1H3/b18-13-. The number of hydrogen-bond acceptors (Lipinski definition) is 5. The molecule has 0 bridgehead atoms. The van der Waals surface area contributed by atoms with Gasteiger partial charge in [-0.2, -0.15) is 0 Å². The summed E-state index contributed by atoms with van der Waals surface area (Å²) in [6.45, 7) is 2.49. The summed E-state index contributed by atoms with van der Waals surface area (Å²) >= 11 is 0. The topological polar surface area (TPSA) is 61.0 Å². The zero-order valence-electron chi connectivity index (χ0n) is 14.7. The van der Waals surface area contributed by atoms with Crippen molar-refractivity contribution in [3.63, 3.8) is 0 Å². The Morgan fingerprint density at radius 1 is 1.04 bits per heavy atom. The number of esters is 1. The van der Waals surface area contributed by atoms with E-state index in [-0.39, 0.29) is 11.6 Å². The van der Waals surface area contributed by atoms with Crippen LogP contribution in [0.3, 0.4) is 0 Å². The Labute approximate surface area is 156 Å². The molecule has 0 unspecified atom stereocenters. The van der Waals surface area contributed by atoms with E-state index in [1.807, 2.05) is 55.5 Å². The van der Waals surface area contributed by atoms with Crippen molar-refractivity contribution in [3.05, 3.63) is 95.1 Å². The molecule has 0 radical (unpaired) electrons. The van der Waals surface area contributed by atoms with E-state index >= 15 is 0 Å². The quantitative estimate of drug-likeness (QED) is 0.497. The molecular weight excluding hydrogens is 342 g/mol. The van der Waals surface area contributed by atoms with Gasteiger partial charge < -0.3 is 13.9 Å². The highest BCUT2D eigenvalue weighted by Gasteiger charge is 2.26. The maximum absolute atomic E-state index is 12.1. The third-order valence-electron chi connectivity index (χ3n) is 4.21. The van der Waals surface area contributed by atoms with Gasteiger partial charge in [0.15, 0.2) is 11.5 Å². The van der Waals surface area contributed by atoms with Crippen molar-refractivity contribution in [1.29, 1.82) is 0 Å². The van der Waals surface area contributed by atoms with E-state index in [1.54, 1.807) is 18.2 Å². The number of nitrogens with zero attached hydrogens (tertiary/aromatic N) is 1. The number of cyclic esters (lactones) is 1. The molecule has 27 heavy (non-hydrogen) atoms. The fourth-order valence-corrected chi connectivity index (χ4v) is 2.72. The number of benzene rings is 2. The first-order valence-electron chi connectivity index (χ1n) is 8.53. The molecule has 0 aliphatic carbocycles. The SMILES string of the molecule is Cc1ccccc1COc1ccccc1/C=C1\N=C(c2ccco2)OC1=O. The molecule has 0 N–H and O–H groups in total. The van der Waals surface area contributed by atoms with Crippen molar-refractivity contribution in [2.45, 2.75) is 13.5 Å². The summed E-state index contributed by atoms with van der Waals surface area (Å²) in [5.74, 6) is 0.725. The molecule has 134 valence electrons. The van der Waals surface area contributed by atoms with E-state index in [0.717, 1.165) is 11.1 Å². The van der Waals surface area contributed by atoms with Gasteiger partial charge in [0.05, 0.1) is 6.26 Å². The third kappa shape index (κ3) is 3.67. The predicted octanol–water partition coefficient (Wildman–Crippen LogP) is 4.51. The minimum absolute atomic E-state index is 0.162. The van der Waals surface area contributed by atoms with Gasteiger partial charge in [-0.3, -0.25) is 0 Å². The first-order chi connectivity index (χ1) is 13.2. The Morgan fingerprint density at radius 2 is 1.85 bits per heavy atom. The second kappa shape index (κ2) is 7.33. The lowest BCUT2D eigenvalue weighted by molar-refractivity contribution is -0.130. The summed E-state index contributed by atoms with van der Waals surface area (Å²) in [6.07, 6.45) is 3.16. The van der Waals surface area contributed by atoms with Crippen LogP contribution < -0.4 is 4.74 Å². The largest absolute Gasteiger partial charge is 0.488 e. The molecule has 5 nitrogen and oxygen atoms in total. The minimum Gasteiger partial charge on any atom is -0.488 e.